The molecule has 0 unspecified atom stereocenters. The van der Waals surface area contributed by atoms with Gasteiger partial charge in [0.25, 0.3) is 5.91 Å². The van der Waals surface area contributed by atoms with Crippen molar-refractivity contribution in [2.75, 3.05) is 30.9 Å². The average Bonchev–Trinajstić information content (AvgIpc) is 2.52. The van der Waals surface area contributed by atoms with Gasteiger partial charge in [0.1, 0.15) is 5.82 Å². The van der Waals surface area contributed by atoms with Crippen molar-refractivity contribution in [2.24, 2.45) is 0 Å². The number of ether oxygens (including phenoxy) is 1. The highest BCUT2D eigenvalue weighted by Crippen LogP contribution is 2.13. The molecule has 0 fully saturated rings. The molecule has 2 N–H and O–H groups in total. The number of benzene rings is 1. The number of carbonyl (C=O) groups is 1. The summed E-state index contributed by atoms with van der Waals surface area (Å²) >= 11 is 0. The molecular formula is C17H21N3O2. The molecule has 1 aromatic heterocycles. The van der Waals surface area contributed by atoms with Crippen molar-refractivity contribution in [1.82, 2.24) is 4.98 Å². The summed E-state index contributed by atoms with van der Waals surface area (Å²) < 4.78 is 4.99. The van der Waals surface area contributed by atoms with Crippen molar-refractivity contribution in [3.63, 3.8) is 0 Å². The van der Waals surface area contributed by atoms with Crippen LogP contribution in [0.25, 0.3) is 0 Å². The van der Waals surface area contributed by atoms with Gasteiger partial charge in [-0.25, -0.2) is 4.98 Å². The third kappa shape index (κ3) is 4.86. The first-order valence-corrected chi connectivity index (χ1v) is 7.26. The Bertz CT molecular complexity index is 629. The topological polar surface area (TPSA) is 63.2 Å². The maximum Gasteiger partial charge on any atom is 0.255 e. The van der Waals surface area contributed by atoms with Crippen LogP contribution in [-0.2, 0) is 4.74 Å². The van der Waals surface area contributed by atoms with Gasteiger partial charge in [-0.3, -0.25) is 4.79 Å². The normalized spacial score (nSPS) is 10.3. The number of amides is 1. The number of anilines is 2. The molecule has 2 rings (SSSR count). The van der Waals surface area contributed by atoms with Gasteiger partial charge < -0.3 is 15.4 Å². The number of carbonyl (C=O) groups excluding carboxylic acids is 1. The summed E-state index contributed by atoms with van der Waals surface area (Å²) in [5.74, 6) is 0.543. The summed E-state index contributed by atoms with van der Waals surface area (Å²) in [6, 6.07) is 11.2. The lowest BCUT2D eigenvalue weighted by Crippen LogP contribution is -2.13. The molecule has 1 amide bonds. The van der Waals surface area contributed by atoms with Crippen LogP contribution in [-0.4, -0.2) is 31.2 Å². The Morgan fingerprint density at radius 2 is 2.14 bits per heavy atom. The Morgan fingerprint density at radius 3 is 2.91 bits per heavy atom. The molecule has 0 aliphatic rings. The van der Waals surface area contributed by atoms with E-state index in [4.69, 9.17) is 4.74 Å². The average molecular weight is 299 g/mol. The molecular weight excluding hydrogens is 278 g/mol. The fourth-order valence-corrected chi connectivity index (χ4v) is 2.03. The lowest BCUT2D eigenvalue weighted by atomic mass is 10.2. The van der Waals surface area contributed by atoms with Crippen LogP contribution in [0.15, 0.2) is 42.6 Å². The van der Waals surface area contributed by atoms with E-state index in [0.717, 1.165) is 24.2 Å². The van der Waals surface area contributed by atoms with Gasteiger partial charge in [-0.05, 0) is 43.2 Å². The highest BCUT2D eigenvalue weighted by atomic mass is 16.5. The van der Waals surface area contributed by atoms with Crippen LogP contribution in [0.3, 0.4) is 0 Å². The van der Waals surface area contributed by atoms with Crippen LogP contribution >= 0.6 is 0 Å². The van der Waals surface area contributed by atoms with Crippen molar-refractivity contribution in [2.45, 2.75) is 13.3 Å². The molecule has 1 aromatic carbocycles. The Labute approximate surface area is 130 Å². The molecule has 5 nitrogen and oxygen atoms in total. The monoisotopic (exact) mass is 299 g/mol. The summed E-state index contributed by atoms with van der Waals surface area (Å²) in [5, 5.41) is 6.06. The number of nitrogens with zero attached hydrogens (tertiary/aromatic N) is 1. The fraction of sp³-hybridized carbons (Fsp3) is 0.294. The van der Waals surface area contributed by atoms with Crippen molar-refractivity contribution >= 4 is 17.4 Å². The summed E-state index contributed by atoms with van der Waals surface area (Å²) in [7, 11) is 1.68. The van der Waals surface area contributed by atoms with E-state index in [-0.39, 0.29) is 5.91 Å². The van der Waals surface area contributed by atoms with Crippen molar-refractivity contribution < 1.29 is 9.53 Å². The minimum absolute atomic E-state index is 0.145. The predicted octanol–water partition coefficient (Wildman–Crippen LogP) is 3.09. The minimum atomic E-state index is -0.145. The molecule has 0 atom stereocenters. The predicted molar refractivity (Wildman–Crippen MR) is 88.4 cm³/mol. The Hall–Kier alpha value is -2.40. The second-order valence-electron chi connectivity index (χ2n) is 5.03. The lowest BCUT2D eigenvalue weighted by Gasteiger charge is -2.08. The van der Waals surface area contributed by atoms with E-state index in [0.29, 0.717) is 18.0 Å². The zero-order valence-electron chi connectivity index (χ0n) is 12.9. The Morgan fingerprint density at radius 1 is 1.27 bits per heavy atom. The third-order valence-corrected chi connectivity index (χ3v) is 3.13. The lowest BCUT2D eigenvalue weighted by molar-refractivity contribution is 0.102. The number of hydrogen-bond donors (Lipinski definition) is 2. The van der Waals surface area contributed by atoms with E-state index in [1.54, 1.807) is 25.4 Å². The van der Waals surface area contributed by atoms with Gasteiger partial charge in [0.05, 0.1) is 0 Å². The van der Waals surface area contributed by atoms with E-state index >= 15 is 0 Å². The van der Waals surface area contributed by atoms with Crippen molar-refractivity contribution in [3.8, 4) is 0 Å². The molecule has 0 spiro atoms. The van der Waals surface area contributed by atoms with Gasteiger partial charge >= 0.3 is 0 Å². The van der Waals surface area contributed by atoms with Gasteiger partial charge in [0.15, 0.2) is 0 Å². The Kier molecular flexibility index (Phi) is 5.91. The number of methoxy groups -OCH3 is 1. The maximum absolute atomic E-state index is 12.3. The number of nitrogens with one attached hydrogen (secondary N) is 2. The zero-order chi connectivity index (χ0) is 15.8. The van der Waals surface area contributed by atoms with Crippen molar-refractivity contribution in [3.05, 3.63) is 53.7 Å². The second-order valence-corrected chi connectivity index (χ2v) is 5.03. The van der Waals surface area contributed by atoms with Crippen LogP contribution in [0, 0.1) is 6.92 Å². The summed E-state index contributed by atoms with van der Waals surface area (Å²) in [6.07, 6.45) is 2.52. The van der Waals surface area contributed by atoms with Gasteiger partial charge in [0, 0.05) is 37.7 Å². The zero-order valence-corrected chi connectivity index (χ0v) is 12.9. The van der Waals surface area contributed by atoms with Gasteiger partial charge in [-0.1, -0.05) is 12.1 Å². The van der Waals surface area contributed by atoms with Crippen LogP contribution in [0.5, 0.6) is 0 Å². The molecule has 0 saturated carbocycles. The van der Waals surface area contributed by atoms with Gasteiger partial charge in [-0.2, -0.15) is 0 Å². The van der Waals surface area contributed by atoms with Crippen LogP contribution in [0.2, 0.25) is 0 Å². The quantitative estimate of drug-likeness (QED) is 0.771. The van der Waals surface area contributed by atoms with Gasteiger partial charge in [0.2, 0.25) is 0 Å². The Balaban J connectivity index is 1.97. The summed E-state index contributed by atoms with van der Waals surface area (Å²) in [4.78, 5) is 16.5. The first kappa shape index (κ1) is 16.0. The summed E-state index contributed by atoms with van der Waals surface area (Å²) in [6.45, 7) is 3.44. The highest BCUT2D eigenvalue weighted by molar-refractivity contribution is 6.04. The largest absolute Gasteiger partial charge is 0.385 e. The molecule has 0 bridgehead atoms. The van der Waals surface area contributed by atoms with E-state index in [9.17, 15) is 4.79 Å². The van der Waals surface area contributed by atoms with E-state index in [1.807, 2.05) is 31.2 Å². The number of hydrogen-bond acceptors (Lipinski definition) is 4. The molecule has 22 heavy (non-hydrogen) atoms. The molecule has 0 aliphatic heterocycles. The molecule has 116 valence electrons. The highest BCUT2D eigenvalue weighted by Gasteiger charge is 2.07. The van der Waals surface area contributed by atoms with E-state index in [2.05, 4.69) is 15.6 Å². The van der Waals surface area contributed by atoms with Crippen LogP contribution in [0.4, 0.5) is 11.5 Å². The van der Waals surface area contributed by atoms with Gasteiger partial charge in [-0.15, -0.1) is 0 Å². The number of rotatable bonds is 7. The molecule has 0 radical (unpaired) electrons. The maximum atomic E-state index is 12.3. The van der Waals surface area contributed by atoms with E-state index in [1.165, 1.54) is 0 Å². The smallest absolute Gasteiger partial charge is 0.255 e. The standard InChI is InChI=1S/C17H21N3O2/c1-13-5-3-6-15(11-13)20-17(21)14-7-9-19-16(12-14)18-8-4-10-22-2/h3,5-7,9,11-12H,4,8,10H2,1-2H3,(H,18,19)(H,20,21). The fourth-order valence-electron chi connectivity index (χ4n) is 2.03. The second kappa shape index (κ2) is 8.14. The summed E-state index contributed by atoms with van der Waals surface area (Å²) in [5.41, 5.74) is 2.47. The number of aromatic nitrogens is 1. The number of pyridine rings is 1. The van der Waals surface area contributed by atoms with Crippen LogP contribution < -0.4 is 10.6 Å². The van der Waals surface area contributed by atoms with Crippen molar-refractivity contribution in [1.29, 1.82) is 0 Å². The molecule has 2 aromatic rings. The third-order valence-electron chi connectivity index (χ3n) is 3.13. The molecule has 0 saturated heterocycles. The SMILES string of the molecule is COCCCNc1cc(C(=O)Nc2cccc(C)c2)ccn1. The first-order valence-electron chi connectivity index (χ1n) is 7.26. The molecule has 5 heteroatoms. The molecule has 1 heterocycles. The number of aryl methyl sites for hydroxylation is 1. The van der Waals surface area contributed by atoms with E-state index < -0.39 is 0 Å². The first-order chi connectivity index (χ1) is 10.7. The molecule has 0 aliphatic carbocycles. The van der Waals surface area contributed by atoms with Crippen LogP contribution in [0.1, 0.15) is 22.3 Å². The minimum Gasteiger partial charge on any atom is -0.385 e.